The van der Waals surface area contributed by atoms with Crippen LogP contribution in [-0.4, -0.2) is 23.9 Å². The first-order valence-electron chi connectivity index (χ1n) is 5.37. The average molecular weight is 194 g/mol. The van der Waals surface area contributed by atoms with Gasteiger partial charge < -0.3 is 4.90 Å². The molecule has 14 heavy (non-hydrogen) atoms. The highest BCUT2D eigenvalue weighted by molar-refractivity contribution is 5.81. The second kappa shape index (κ2) is 4.99. The normalized spacial score (nSPS) is 23.2. The molecular formula is C11H18N2O. The minimum absolute atomic E-state index is 0.0405. The monoisotopic (exact) mass is 194 g/mol. The van der Waals surface area contributed by atoms with Crippen molar-refractivity contribution in [1.29, 1.82) is 5.26 Å². The van der Waals surface area contributed by atoms with Crippen LogP contribution in [-0.2, 0) is 4.79 Å². The lowest BCUT2D eigenvalue weighted by Gasteiger charge is -2.18. The lowest BCUT2D eigenvalue weighted by Crippen LogP contribution is -2.33. The van der Waals surface area contributed by atoms with Crippen molar-refractivity contribution in [3.8, 4) is 6.07 Å². The van der Waals surface area contributed by atoms with Crippen molar-refractivity contribution >= 4 is 5.91 Å². The quantitative estimate of drug-likeness (QED) is 0.687. The number of rotatable bonds is 3. The van der Waals surface area contributed by atoms with E-state index in [0.717, 1.165) is 25.9 Å². The first-order valence-corrected chi connectivity index (χ1v) is 5.37. The Morgan fingerprint density at radius 1 is 1.71 bits per heavy atom. The molecule has 0 saturated carbocycles. The average Bonchev–Trinajstić information content (AvgIpc) is 2.60. The lowest BCUT2D eigenvalue weighted by molar-refractivity contribution is -0.133. The van der Waals surface area contributed by atoms with Gasteiger partial charge in [0.25, 0.3) is 0 Å². The molecule has 0 aromatic rings. The van der Waals surface area contributed by atoms with Gasteiger partial charge in [-0.3, -0.25) is 4.79 Å². The topological polar surface area (TPSA) is 44.1 Å². The van der Waals surface area contributed by atoms with Crippen LogP contribution in [0.3, 0.4) is 0 Å². The second-order valence-electron chi connectivity index (χ2n) is 4.15. The van der Waals surface area contributed by atoms with Gasteiger partial charge in [-0.2, -0.15) is 5.26 Å². The molecule has 1 fully saturated rings. The Morgan fingerprint density at radius 3 is 2.86 bits per heavy atom. The van der Waals surface area contributed by atoms with Crippen molar-refractivity contribution in [3.63, 3.8) is 0 Å². The zero-order valence-electron chi connectivity index (χ0n) is 8.99. The number of hydrogen-bond acceptors (Lipinski definition) is 2. The Bertz CT molecular complexity index is 244. The van der Waals surface area contributed by atoms with Gasteiger partial charge in [0.1, 0.15) is 5.92 Å². The number of carbonyl (C=O) groups excluding carboxylic acids is 1. The van der Waals surface area contributed by atoms with Crippen molar-refractivity contribution in [2.24, 2.45) is 11.8 Å². The molecule has 0 N–H and O–H groups in total. The first kappa shape index (κ1) is 11.0. The van der Waals surface area contributed by atoms with E-state index in [1.807, 2.05) is 11.8 Å². The van der Waals surface area contributed by atoms with Gasteiger partial charge in [0.05, 0.1) is 6.07 Å². The summed E-state index contributed by atoms with van der Waals surface area (Å²) in [5, 5.41) is 8.86. The molecule has 0 aromatic carbocycles. The van der Waals surface area contributed by atoms with E-state index < -0.39 is 5.92 Å². The van der Waals surface area contributed by atoms with Gasteiger partial charge in [0.2, 0.25) is 5.91 Å². The van der Waals surface area contributed by atoms with Gasteiger partial charge in [-0.05, 0) is 18.8 Å². The first-order chi connectivity index (χ1) is 6.69. The van der Waals surface area contributed by atoms with E-state index in [4.69, 9.17) is 5.26 Å². The SMILES string of the molecule is CCCC(C#N)C(=O)N1CCC(C)C1. The maximum atomic E-state index is 11.8. The zero-order valence-corrected chi connectivity index (χ0v) is 8.99. The van der Waals surface area contributed by atoms with E-state index in [2.05, 4.69) is 13.0 Å². The van der Waals surface area contributed by atoms with Crippen LogP contribution < -0.4 is 0 Å². The maximum absolute atomic E-state index is 11.8. The van der Waals surface area contributed by atoms with Crippen LogP contribution in [0.2, 0.25) is 0 Å². The minimum Gasteiger partial charge on any atom is -0.341 e. The number of nitriles is 1. The van der Waals surface area contributed by atoms with Crippen molar-refractivity contribution in [2.75, 3.05) is 13.1 Å². The van der Waals surface area contributed by atoms with Crippen LogP contribution in [0.5, 0.6) is 0 Å². The fourth-order valence-corrected chi connectivity index (χ4v) is 1.89. The van der Waals surface area contributed by atoms with Gasteiger partial charge in [0, 0.05) is 13.1 Å². The van der Waals surface area contributed by atoms with Crippen LogP contribution in [0, 0.1) is 23.2 Å². The third-order valence-corrected chi connectivity index (χ3v) is 2.77. The second-order valence-corrected chi connectivity index (χ2v) is 4.15. The maximum Gasteiger partial charge on any atom is 0.239 e. The van der Waals surface area contributed by atoms with E-state index >= 15 is 0 Å². The fourth-order valence-electron chi connectivity index (χ4n) is 1.89. The Balaban J connectivity index is 2.51. The van der Waals surface area contributed by atoms with Crippen LogP contribution >= 0.6 is 0 Å². The van der Waals surface area contributed by atoms with Gasteiger partial charge in [-0.25, -0.2) is 0 Å². The number of carbonyl (C=O) groups is 1. The van der Waals surface area contributed by atoms with Gasteiger partial charge in [-0.15, -0.1) is 0 Å². The molecule has 3 heteroatoms. The molecule has 3 nitrogen and oxygen atoms in total. The predicted molar refractivity (Wildman–Crippen MR) is 54.4 cm³/mol. The standard InChI is InChI=1S/C11H18N2O/c1-3-4-10(7-12)11(14)13-6-5-9(2)8-13/h9-10H,3-6,8H2,1-2H3. The molecule has 0 radical (unpaired) electrons. The molecule has 0 aliphatic carbocycles. The van der Waals surface area contributed by atoms with E-state index in [1.165, 1.54) is 0 Å². The molecule has 0 spiro atoms. The largest absolute Gasteiger partial charge is 0.341 e. The summed E-state index contributed by atoms with van der Waals surface area (Å²) >= 11 is 0. The highest BCUT2D eigenvalue weighted by Crippen LogP contribution is 2.19. The summed E-state index contributed by atoms with van der Waals surface area (Å²) in [6.45, 7) is 5.82. The Hall–Kier alpha value is -1.04. The summed E-state index contributed by atoms with van der Waals surface area (Å²) in [7, 11) is 0. The van der Waals surface area contributed by atoms with Crippen LogP contribution in [0.25, 0.3) is 0 Å². The van der Waals surface area contributed by atoms with Crippen molar-refractivity contribution in [2.45, 2.75) is 33.1 Å². The van der Waals surface area contributed by atoms with E-state index in [1.54, 1.807) is 0 Å². The summed E-state index contributed by atoms with van der Waals surface area (Å²) in [5.41, 5.74) is 0. The molecule has 2 unspecified atom stereocenters. The summed E-state index contributed by atoms with van der Waals surface area (Å²) in [6, 6.07) is 2.10. The molecule has 78 valence electrons. The fraction of sp³-hybridized carbons (Fsp3) is 0.818. The van der Waals surface area contributed by atoms with Crippen LogP contribution in [0.1, 0.15) is 33.1 Å². The predicted octanol–water partition coefficient (Wildman–Crippen LogP) is 1.79. The Labute approximate surface area is 85.7 Å². The molecule has 1 aliphatic rings. The highest BCUT2D eigenvalue weighted by Gasteiger charge is 2.28. The highest BCUT2D eigenvalue weighted by atomic mass is 16.2. The summed E-state index contributed by atoms with van der Waals surface area (Å²) in [5.74, 6) is 0.226. The van der Waals surface area contributed by atoms with Gasteiger partial charge >= 0.3 is 0 Å². The van der Waals surface area contributed by atoms with Crippen molar-refractivity contribution in [1.82, 2.24) is 4.90 Å². The molecule has 1 rings (SSSR count). The molecule has 1 amide bonds. The third kappa shape index (κ3) is 2.47. The molecule has 0 aromatic heterocycles. The smallest absolute Gasteiger partial charge is 0.239 e. The molecule has 0 bridgehead atoms. The minimum atomic E-state index is -0.412. The number of nitrogens with zero attached hydrogens (tertiary/aromatic N) is 2. The van der Waals surface area contributed by atoms with E-state index in [-0.39, 0.29) is 5.91 Å². The van der Waals surface area contributed by atoms with Crippen LogP contribution in [0.4, 0.5) is 0 Å². The van der Waals surface area contributed by atoms with Crippen molar-refractivity contribution in [3.05, 3.63) is 0 Å². The van der Waals surface area contributed by atoms with Crippen LogP contribution in [0.15, 0.2) is 0 Å². The number of amides is 1. The summed E-state index contributed by atoms with van der Waals surface area (Å²) in [6.07, 6.45) is 2.67. The molecule has 1 aliphatic heterocycles. The van der Waals surface area contributed by atoms with Gasteiger partial charge in [-0.1, -0.05) is 20.3 Å². The summed E-state index contributed by atoms with van der Waals surface area (Å²) in [4.78, 5) is 13.7. The Morgan fingerprint density at radius 2 is 2.43 bits per heavy atom. The molecule has 1 heterocycles. The lowest BCUT2D eigenvalue weighted by atomic mass is 10.0. The van der Waals surface area contributed by atoms with Crippen molar-refractivity contribution < 1.29 is 4.79 Å². The molecule has 2 atom stereocenters. The molecule has 1 saturated heterocycles. The van der Waals surface area contributed by atoms with Gasteiger partial charge in [0.15, 0.2) is 0 Å². The van der Waals surface area contributed by atoms with E-state index in [0.29, 0.717) is 12.3 Å². The summed E-state index contributed by atoms with van der Waals surface area (Å²) < 4.78 is 0. The molecular weight excluding hydrogens is 176 g/mol. The number of hydrogen-bond donors (Lipinski definition) is 0. The Kier molecular flexibility index (Phi) is 3.94. The number of likely N-dealkylation sites (tertiary alicyclic amines) is 1. The van der Waals surface area contributed by atoms with E-state index in [9.17, 15) is 4.79 Å². The zero-order chi connectivity index (χ0) is 10.6. The third-order valence-electron chi connectivity index (χ3n) is 2.77.